The molecule has 688 valence electrons. The molecule has 0 fully saturated rings. The summed E-state index contributed by atoms with van der Waals surface area (Å²) in [5, 5.41) is 20.7. The van der Waals surface area contributed by atoms with Crippen molar-refractivity contribution in [1.82, 2.24) is 0 Å². The molecule has 5 atom stereocenters. The highest BCUT2D eigenvalue weighted by molar-refractivity contribution is 7.47. The van der Waals surface area contributed by atoms with E-state index in [1.54, 1.807) is 0 Å². The molecule has 5 unspecified atom stereocenters. The molecule has 0 bridgehead atoms. The molecule has 0 spiro atoms. The molecule has 0 saturated heterocycles. The summed E-state index contributed by atoms with van der Waals surface area (Å²) in [5.41, 5.74) is 0. The number of hydrogen-bond donors (Lipinski definition) is 4. The first kappa shape index (κ1) is 115. The Hall–Kier alpha value is -4.31. The summed E-state index contributed by atoms with van der Waals surface area (Å²) in [6, 6.07) is 0. The van der Waals surface area contributed by atoms with E-state index in [0.717, 1.165) is 135 Å². The van der Waals surface area contributed by atoms with Crippen LogP contribution in [0.3, 0.4) is 0 Å². The Morgan fingerprint density at radius 3 is 0.706 bits per heavy atom. The van der Waals surface area contributed by atoms with Crippen LogP contribution in [0.1, 0.15) is 432 Å². The number of aliphatic hydroxyl groups is 2. The van der Waals surface area contributed by atoms with Crippen LogP contribution in [0.2, 0.25) is 0 Å². The van der Waals surface area contributed by atoms with Crippen LogP contribution in [0.5, 0.6) is 0 Å². The third-order valence-corrected chi connectivity index (χ3v) is 22.7. The molecule has 0 rings (SSSR count). The Labute approximate surface area is 728 Å². The first-order valence-electron chi connectivity index (χ1n) is 48.5. The fraction of sp³-hybridized carbons (Fsp3) is 0.752. The smallest absolute Gasteiger partial charge is 0.463 e. The molecule has 0 aromatic heterocycles. The predicted molar refractivity (Wildman–Crippen MR) is 500 cm³/mol. The van der Waals surface area contributed by atoms with Gasteiger partial charge >= 0.3 is 33.6 Å². The van der Waals surface area contributed by atoms with Gasteiger partial charge in [-0.3, -0.25) is 32.5 Å². The van der Waals surface area contributed by atoms with Crippen molar-refractivity contribution >= 4 is 33.6 Å². The van der Waals surface area contributed by atoms with E-state index in [2.05, 4.69) is 154 Å². The van der Waals surface area contributed by atoms with Gasteiger partial charge in [-0.2, -0.15) is 0 Å². The van der Waals surface area contributed by atoms with Gasteiger partial charge in [-0.25, -0.2) is 9.13 Å². The number of rotatable bonds is 92. The number of ether oxygens (including phenoxy) is 3. The maximum atomic E-state index is 13.0. The van der Waals surface area contributed by atoms with Gasteiger partial charge in [-0.1, -0.05) is 405 Å². The molecule has 0 aliphatic heterocycles. The van der Waals surface area contributed by atoms with Crippen molar-refractivity contribution in [3.05, 3.63) is 134 Å². The SMILES string of the molecule is CC/C=C\C/C=C\C/C=C\C/C=C\C/C=C\CCCCCCCCCCCCCCCCCCCC(=O)OCC(COP(=O)(O)OCC(O)COP(=O)(O)OCC(O)COC(=O)CCCCCCCCCCCCCCCCCCCCC/C=C\C/C=C\C/C=C\C/C=C\CCCCC)OC(=O)CCCCCCC/C=C\C/C=C\CCCCC. The minimum Gasteiger partial charge on any atom is -0.463 e. The van der Waals surface area contributed by atoms with Crippen LogP contribution in [-0.2, 0) is 55.8 Å². The Morgan fingerprint density at radius 2 is 0.445 bits per heavy atom. The number of esters is 3. The van der Waals surface area contributed by atoms with Crippen LogP contribution in [0, 0.1) is 0 Å². The number of aliphatic hydroxyl groups excluding tert-OH is 2. The lowest BCUT2D eigenvalue weighted by atomic mass is 10.0. The maximum Gasteiger partial charge on any atom is 0.472 e. The lowest BCUT2D eigenvalue weighted by Gasteiger charge is -2.21. The summed E-state index contributed by atoms with van der Waals surface area (Å²) in [5.74, 6) is -1.57. The number of phosphoric acid groups is 2. The van der Waals surface area contributed by atoms with Crippen LogP contribution in [0.25, 0.3) is 0 Å². The monoisotopic (exact) mass is 1710 g/mol. The van der Waals surface area contributed by atoms with Gasteiger partial charge in [0, 0.05) is 19.3 Å². The molecule has 0 saturated carbocycles. The minimum atomic E-state index is -4.94. The Morgan fingerprint density at radius 1 is 0.244 bits per heavy atom. The predicted octanol–water partition coefficient (Wildman–Crippen LogP) is 30.1. The van der Waals surface area contributed by atoms with E-state index >= 15 is 0 Å². The van der Waals surface area contributed by atoms with Gasteiger partial charge in [-0.15, -0.1) is 0 Å². The summed E-state index contributed by atoms with van der Waals surface area (Å²) in [6.07, 6.45) is 117. The second-order valence-electron chi connectivity index (χ2n) is 32.5. The number of carbonyl (C=O) groups is 3. The highest BCUT2D eigenvalue weighted by atomic mass is 31.2. The summed E-state index contributed by atoms with van der Waals surface area (Å²) in [6.45, 7) is 2.57. The van der Waals surface area contributed by atoms with E-state index in [1.165, 1.54) is 238 Å². The van der Waals surface area contributed by atoms with E-state index < -0.39 is 91.5 Å². The van der Waals surface area contributed by atoms with E-state index in [0.29, 0.717) is 19.3 Å². The zero-order chi connectivity index (χ0) is 86.5. The molecule has 16 nitrogen and oxygen atoms in total. The minimum absolute atomic E-state index is 0.0894. The molecule has 0 heterocycles. The van der Waals surface area contributed by atoms with Crippen molar-refractivity contribution in [2.24, 2.45) is 0 Å². The van der Waals surface area contributed by atoms with Gasteiger partial charge in [0.1, 0.15) is 25.4 Å². The standard InChI is InChI=1S/C101H178O16P2/c1-4-7-10-13-16-19-22-25-28-30-32-34-36-38-40-42-44-46-47-49-51-52-54-56-58-60-62-64-67-69-72-75-78-81-84-87-99(104)111-90-96(102)91-113-118(107,108)114-92-97(103)93-115-119(109,110)116-95-98(117-101(106)89-86-83-80-77-74-71-66-27-24-21-18-15-12-9-6-3)94-112-100(105)88-85-82-79-76-73-70-68-65-63-61-59-57-55-53-50-48-45-43-41-39-37-35-33-31-29-26-23-20-17-14-11-8-5-2/h8,11,16-21,25-29,32-35,38-41,66,96-98,102-103H,4-7,9-10,12-15,22-24,30-31,36-37,42-65,67-95H2,1-3H3,(H,107,108)(H,109,110)/b11-8-,19-16-,20-17-,21-18-,28-25-,29-26-,34-32-,35-33-,40-38-,41-39-,66-27-. The lowest BCUT2D eigenvalue weighted by molar-refractivity contribution is -0.161. The highest BCUT2D eigenvalue weighted by Gasteiger charge is 2.30. The third kappa shape index (κ3) is 94.2. The van der Waals surface area contributed by atoms with Gasteiger partial charge in [0.25, 0.3) is 0 Å². The average Bonchev–Trinajstić information content (AvgIpc) is 0.900. The molecule has 0 aromatic rings. The lowest BCUT2D eigenvalue weighted by Crippen LogP contribution is -2.30. The van der Waals surface area contributed by atoms with E-state index in [9.17, 15) is 43.5 Å². The van der Waals surface area contributed by atoms with Gasteiger partial charge in [-0.05, 0) is 141 Å². The zero-order valence-corrected chi connectivity index (χ0v) is 77.8. The van der Waals surface area contributed by atoms with Gasteiger partial charge in [0.05, 0.1) is 26.4 Å². The number of carbonyl (C=O) groups excluding carboxylic acids is 3. The molecular weight excluding hydrogens is 1530 g/mol. The van der Waals surface area contributed by atoms with Crippen LogP contribution < -0.4 is 0 Å². The van der Waals surface area contributed by atoms with Crippen molar-refractivity contribution in [3.8, 4) is 0 Å². The van der Waals surface area contributed by atoms with Gasteiger partial charge < -0.3 is 34.2 Å². The van der Waals surface area contributed by atoms with Crippen LogP contribution in [0.4, 0.5) is 0 Å². The van der Waals surface area contributed by atoms with E-state index in [4.69, 9.17) is 32.3 Å². The van der Waals surface area contributed by atoms with Gasteiger partial charge in [0.15, 0.2) is 6.10 Å². The molecule has 18 heteroatoms. The number of hydrogen-bond acceptors (Lipinski definition) is 14. The molecule has 0 aromatic carbocycles. The van der Waals surface area contributed by atoms with E-state index in [1.807, 2.05) is 0 Å². The number of phosphoric ester groups is 2. The Balaban J connectivity index is 4.40. The second-order valence-corrected chi connectivity index (χ2v) is 35.4. The molecular formula is C101H178O16P2. The first-order chi connectivity index (χ1) is 58.2. The largest absolute Gasteiger partial charge is 0.472 e. The second kappa shape index (κ2) is 92.9. The Bertz CT molecular complexity index is 2690. The summed E-state index contributed by atoms with van der Waals surface area (Å²) < 4.78 is 61.5. The van der Waals surface area contributed by atoms with Crippen LogP contribution in [0.15, 0.2) is 134 Å². The van der Waals surface area contributed by atoms with E-state index in [-0.39, 0.29) is 19.3 Å². The fourth-order valence-corrected chi connectivity index (χ4v) is 15.1. The first-order valence-corrected chi connectivity index (χ1v) is 51.5. The molecule has 0 aliphatic rings. The van der Waals surface area contributed by atoms with Crippen molar-refractivity contribution in [2.75, 3.05) is 39.6 Å². The van der Waals surface area contributed by atoms with Crippen molar-refractivity contribution in [3.63, 3.8) is 0 Å². The average molecular weight is 1710 g/mol. The van der Waals surface area contributed by atoms with Crippen molar-refractivity contribution in [1.29, 1.82) is 0 Å². The fourth-order valence-electron chi connectivity index (χ4n) is 13.5. The van der Waals surface area contributed by atoms with Crippen molar-refractivity contribution in [2.45, 2.75) is 450 Å². The summed E-state index contributed by atoms with van der Waals surface area (Å²) >= 11 is 0. The topological polar surface area (TPSA) is 231 Å². The van der Waals surface area contributed by atoms with Crippen molar-refractivity contribution < 1.29 is 75.8 Å². The Kier molecular flexibility index (Phi) is 89.5. The molecule has 4 N–H and O–H groups in total. The maximum absolute atomic E-state index is 13.0. The zero-order valence-electron chi connectivity index (χ0n) is 76.0. The number of unbranched alkanes of at least 4 members (excludes halogenated alkanes) is 47. The third-order valence-electron chi connectivity index (χ3n) is 20.8. The molecule has 0 amide bonds. The molecule has 0 aliphatic carbocycles. The van der Waals surface area contributed by atoms with Crippen LogP contribution in [-0.4, -0.2) is 95.9 Å². The molecule has 0 radical (unpaired) electrons. The molecule has 119 heavy (non-hydrogen) atoms. The normalized spacial score (nSPS) is 14.3. The number of allylic oxidation sites excluding steroid dienone is 22. The highest BCUT2D eigenvalue weighted by Crippen LogP contribution is 2.45. The summed E-state index contributed by atoms with van der Waals surface area (Å²) in [4.78, 5) is 59.0. The quantitative estimate of drug-likeness (QED) is 0.0146. The van der Waals surface area contributed by atoms with Crippen LogP contribution >= 0.6 is 15.6 Å². The van der Waals surface area contributed by atoms with Gasteiger partial charge in [0.2, 0.25) is 0 Å². The summed E-state index contributed by atoms with van der Waals surface area (Å²) in [7, 11) is -9.80.